The second kappa shape index (κ2) is 7.62. The largest absolute Gasteiger partial charge is 0.303 e. The summed E-state index contributed by atoms with van der Waals surface area (Å²) in [6.07, 6.45) is 0. The molecule has 0 spiro atoms. The van der Waals surface area contributed by atoms with Gasteiger partial charge in [-0.15, -0.1) is 11.8 Å². The van der Waals surface area contributed by atoms with Crippen LogP contribution < -0.4 is 0 Å². The fourth-order valence-corrected chi connectivity index (χ4v) is 2.99. The summed E-state index contributed by atoms with van der Waals surface area (Å²) in [6.45, 7) is 16.0. The van der Waals surface area contributed by atoms with Gasteiger partial charge in [-0.3, -0.25) is 0 Å². The third-order valence-corrected chi connectivity index (χ3v) is 4.68. The molecule has 0 fully saturated rings. The van der Waals surface area contributed by atoms with Gasteiger partial charge in [-0.25, -0.2) is 9.97 Å². The predicted molar refractivity (Wildman–Crippen MR) is 89.0 cm³/mol. The van der Waals surface area contributed by atoms with E-state index in [0.29, 0.717) is 5.15 Å². The van der Waals surface area contributed by atoms with Gasteiger partial charge >= 0.3 is 0 Å². The quantitative estimate of drug-likeness (QED) is 0.582. The Morgan fingerprint density at radius 3 is 2.25 bits per heavy atom. The molecule has 114 valence electrons. The highest BCUT2D eigenvalue weighted by Gasteiger charge is 2.20. The number of thioether (sulfide) groups is 1. The van der Waals surface area contributed by atoms with Crippen molar-refractivity contribution >= 4 is 23.4 Å². The van der Waals surface area contributed by atoms with Crippen LogP contribution >= 0.6 is 23.4 Å². The molecular weight excluding hydrogens is 290 g/mol. The lowest BCUT2D eigenvalue weighted by atomic mass is 9.96. The van der Waals surface area contributed by atoms with Crippen LogP contribution in [0.5, 0.6) is 0 Å². The van der Waals surface area contributed by atoms with E-state index in [1.165, 1.54) is 0 Å². The highest BCUT2D eigenvalue weighted by atomic mass is 35.5. The van der Waals surface area contributed by atoms with E-state index >= 15 is 0 Å². The van der Waals surface area contributed by atoms with Gasteiger partial charge in [0.15, 0.2) is 0 Å². The molecule has 1 rings (SSSR count). The molecule has 0 bridgehead atoms. The highest BCUT2D eigenvalue weighted by Crippen LogP contribution is 2.28. The topological polar surface area (TPSA) is 29.0 Å². The molecule has 1 aromatic rings. The minimum atomic E-state index is -0.0779. The van der Waals surface area contributed by atoms with Gasteiger partial charge in [-0.05, 0) is 20.0 Å². The first-order chi connectivity index (χ1) is 9.29. The number of halogens is 1. The SMILES string of the molecule is CCN(CC)CCSc1nc(C(C)(C)C)nc(Cl)c1C. The second-order valence-electron chi connectivity index (χ2n) is 5.89. The van der Waals surface area contributed by atoms with Crippen molar-refractivity contribution in [1.82, 2.24) is 14.9 Å². The zero-order valence-corrected chi connectivity index (χ0v) is 15.0. The Labute approximate surface area is 132 Å². The van der Waals surface area contributed by atoms with Crippen LogP contribution in [0.2, 0.25) is 5.15 Å². The molecule has 0 atom stereocenters. The van der Waals surface area contributed by atoms with E-state index in [4.69, 9.17) is 16.6 Å². The van der Waals surface area contributed by atoms with E-state index in [1.807, 2.05) is 6.92 Å². The molecule has 0 aliphatic heterocycles. The van der Waals surface area contributed by atoms with Crippen LogP contribution in [0.4, 0.5) is 0 Å². The summed E-state index contributed by atoms with van der Waals surface area (Å²) < 4.78 is 0. The molecule has 0 N–H and O–H groups in total. The predicted octanol–water partition coefficient (Wildman–Crippen LogP) is 4.17. The maximum absolute atomic E-state index is 6.25. The van der Waals surface area contributed by atoms with E-state index in [-0.39, 0.29) is 5.41 Å². The monoisotopic (exact) mass is 315 g/mol. The Kier molecular flexibility index (Phi) is 6.76. The number of hydrogen-bond donors (Lipinski definition) is 0. The summed E-state index contributed by atoms with van der Waals surface area (Å²) in [6, 6.07) is 0. The summed E-state index contributed by atoms with van der Waals surface area (Å²) in [5.41, 5.74) is 0.912. The molecule has 0 aliphatic carbocycles. The standard InChI is InChI=1S/C15H26ClN3S/c1-7-19(8-2)9-10-20-13-11(3)12(16)17-14(18-13)15(4,5)6/h7-10H2,1-6H3. The third-order valence-electron chi connectivity index (χ3n) is 3.25. The van der Waals surface area contributed by atoms with Crippen molar-refractivity contribution in [3.8, 4) is 0 Å². The number of nitrogens with zero attached hydrogens (tertiary/aromatic N) is 3. The third kappa shape index (κ3) is 4.90. The molecule has 0 saturated heterocycles. The van der Waals surface area contributed by atoms with Gasteiger partial charge in [0, 0.05) is 23.3 Å². The van der Waals surface area contributed by atoms with Crippen molar-refractivity contribution in [2.75, 3.05) is 25.4 Å². The average Bonchev–Trinajstić information content (AvgIpc) is 2.38. The van der Waals surface area contributed by atoms with Crippen molar-refractivity contribution in [3.05, 3.63) is 16.5 Å². The van der Waals surface area contributed by atoms with Gasteiger partial charge < -0.3 is 4.90 Å². The van der Waals surface area contributed by atoms with Gasteiger partial charge in [0.1, 0.15) is 16.0 Å². The number of aromatic nitrogens is 2. The van der Waals surface area contributed by atoms with E-state index in [0.717, 1.165) is 41.8 Å². The maximum atomic E-state index is 6.25. The zero-order chi connectivity index (χ0) is 15.3. The van der Waals surface area contributed by atoms with Crippen LogP contribution in [0, 0.1) is 6.92 Å². The van der Waals surface area contributed by atoms with Crippen molar-refractivity contribution in [3.63, 3.8) is 0 Å². The van der Waals surface area contributed by atoms with Crippen molar-refractivity contribution in [1.29, 1.82) is 0 Å². The van der Waals surface area contributed by atoms with Crippen LogP contribution in [-0.4, -0.2) is 40.3 Å². The first-order valence-corrected chi connectivity index (χ1v) is 8.55. The van der Waals surface area contributed by atoms with Gasteiger partial charge in [0.05, 0.1) is 0 Å². The van der Waals surface area contributed by atoms with Gasteiger partial charge in [-0.1, -0.05) is 46.2 Å². The molecule has 1 heterocycles. The van der Waals surface area contributed by atoms with E-state index in [1.54, 1.807) is 11.8 Å². The Balaban J connectivity index is 2.81. The minimum absolute atomic E-state index is 0.0779. The molecular formula is C15H26ClN3S. The van der Waals surface area contributed by atoms with Crippen molar-refractivity contribution in [2.45, 2.75) is 52.0 Å². The Hall–Kier alpha value is -0.320. The highest BCUT2D eigenvalue weighted by molar-refractivity contribution is 7.99. The maximum Gasteiger partial charge on any atom is 0.136 e. The molecule has 1 aromatic heterocycles. The van der Waals surface area contributed by atoms with Crippen LogP contribution in [0.15, 0.2) is 5.03 Å². The molecule has 20 heavy (non-hydrogen) atoms. The molecule has 0 amide bonds. The summed E-state index contributed by atoms with van der Waals surface area (Å²) in [5.74, 6) is 1.85. The van der Waals surface area contributed by atoms with E-state index in [9.17, 15) is 0 Å². The summed E-state index contributed by atoms with van der Waals surface area (Å²) >= 11 is 8.02. The summed E-state index contributed by atoms with van der Waals surface area (Å²) in [5, 5.41) is 1.59. The van der Waals surface area contributed by atoms with Crippen LogP contribution in [0.25, 0.3) is 0 Å². The fraction of sp³-hybridized carbons (Fsp3) is 0.733. The smallest absolute Gasteiger partial charge is 0.136 e. The molecule has 0 radical (unpaired) electrons. The van der Waals surface area contributed by atoms with Crippen molar-refractivity contribution in [2.24, 2.45) is 0 Å². The van der Waals surface area contributed by atoms with Gasteiger partial charge in [-0.2, -0.15) is 0 Å². The lowest BCUT2D eigenvalue weighted by Crippen LogP contribution is -2.25. The molecule has 0 unspecified atom stereocenters. The molecule has 0 aromatic carbocycles. The fourth-order valence-electron chi connectivity index (χ4n) is 1.76. The minimum Gasteiger partial charge on any atom is -0.303 e. The number of rotatable bonds is 6. The number of hydrogen-bond acceptors (Lipinski definition) is 4. The first kappa shape index (κ1) is 17.7. The molecule has 3 nitrogen and oxygen atoms in total. The van der Waals surface area contributed by atoms with E-state index < -0.39 is 0 Å². The van der Waals surface area contributed by atoms with E-state index in [2.05, 4.69) is 44.5 Å². The van der Waals surface area contributed by atoms with Crippen molar-refractivity contribution < 1.29 is 0 Å². The van der Waals surface area contributed by atoms with Gasteiger partial charge in [0.2, 0.25) is 0 Å². The Morgan fingerprint density at radius 1 is 1.15 bits per heavy atom. The average molecular weight is 316 g/mol. The first-order valence-electron chi connectivity index (χ1n) is 7.19. The van der Waals surface area contributed by atoms with Gasteiger partial charge in [0.25, 0.3) is 0 Å². The van der Waals surface area contributed by atoms with Crippen LogP contribution in [0.1, 0.15) is 46.0 Å². The molecule has 0 saturated carbocycles. The molecule has 5 heteroatoms. The normalized spacial score (nSPS) is 12.2. The van der Waals surface area contributed by atoms with Crippen LogP contribution in [-0.2, 0) is 5.41 Å². The Morgan fingerprint density at radius 2 is 1.75 bits per heavy atom. The lowest BCUT2D eigenvalue weighted by molar-refractivity contribution is 0.324. The molecule has 0 aliphatic rings. The van der Waals surface area contributed by atoms with Crippen LogP contribution in [0.3, 0.4) is 0 Å². The summed E-state index contributed by atoms with van der Waals surface area (Å²) in [4.78, 5) is 11.5. The Bertz CT molecular complexity index is 439. The summed E-state index contributed by atoms with van der Waals surface area (Å²) in [7, 11) is 0. The lowest BCUT2D eigenvalue weighted by Gasteiger charge is -2.20. The second-order valence-corrected chi connectivity index (χ2v) is 7.34. The zero-order valence-electron chi connectivity index (χ0n) is 13.5.